The first-order chi connectivity index (χ1) is 13.3. The zero-order chi connectivity index (χ0) is 18.6. The average Bonchev–Trinajstić information content (AvgIpc) is 3.21. The number of ether oxygens (including phenoxy) is 1. The Kier molecular flexibility index (Phi) is 5.07. The first-order valence-electron chi connectivity index (χ1n) is 9.01. The van der Waals surface area contributed by atoms with Crippen LogP contribution in [0.3, 0.4) is 0 Å². The fourth-order valence-electron chi connectivity index (χ4n) is 3.39. The Balaban J connectivity index is 1.71. The Labute approximate surface area is 163 Å². The lowest BCUT2D eigenvalue weighted by atomic mass is 9.89. The van der Waals surface area contributed by atoms with Crippen LogP contribution >= 0.6 is 11.3 Å². The van der Waals surface area contributed by atoms with E-state index in [0.29, 0.717) is 0 Å². The number of aromatic nitrogens is 1. The Bertz CT molecular complexity index is 1040. The molecule has 4 heteroatoms. The molecule has 0 saturated heterocycles. The number of benzene rings is 3. The minimum Gasteiger partial charge on any atom is -0.497 e. The van der Waals surface area contributed by atoms with Gasteiger partial charge in [-0.2, -0.15) is 0 Å². The summed E-state index contributed by atoms with van der Waals surface area (Å²) in [5.74, 6) is 1.08. The number of nitrogens with zero attached hydrogens (tertiary/aromatic N) is 1. The van der Waals surface area contributed by atoms with Crippen LogP contribution in [0, 0.1) is 0 Å². The maximum absolute atomic E-state index is 5.32. The first-order valence-corrected chi connectivity index (χ1v) is 9.89. The Morgan fingerprint density at radius 1 is 1.00 bits per heavy atom. The van der Waals surface area contributed by atoms with Crippen molar-refractivity contribution in [2.75, 3.05) is 19.5 Å². The van der Waals surface area contributed by atoms with E-state index in [9.17, 15) is 0 Å². The van der Waals surface area contributed by atoms with Crippen molar-refractivity contribution < 1.29 is 4.74 Å². The summed E-state index contributed by atoms with van der Waals surface area (Å²) in [7, 11) is 3.61. The minimum absolute atomic E-state index is 0.204. The van der Waals surface area contributed by atoms with E-state index in [1.165, 1.54) is 21.9 Å². The van der Waals surface area contributed by atoms with Crippen molar-refractivity contribution in [3.63, 3.8) is 0 Å². The maximum atomic E-state index is 5.32. The number of rotatable bonds is 6. The molecule has 0 aliphatic carbocycles. The van der Waals surface area contributed by atoms with Crippen LogP contribution in [0.5, 0.6) is 5.75 Å². The van der Waals surface area contributed by atoms with Gasteiger partial charge in [-0.25, -0.2) is 4.98 Å². The quantitative estimate of drug-likeness (QED) is 0.468. The van der Waals surface area contributed by atoms with E-state index in [1.54, 1.807) is 18.4 Å². The van der Waals surface area contributed by atoms with Crippen LogP contribution in [0.1, 0.15) is 22.7 Å². The molecule has 136 valence electrons. The fourth-order valence-corrected chi connectivity index (χ4v) is 4.12. The van der Waals surface area contributed by atoms with Crippen molar-refractivity contribution in [3.05, 3.63) is 88.9 Å². The van der Waals surface area contributed by atoms with Gasteiger partial charge in [-0.1, -0.05) is 54.6 Å². The summed E-state index contributed by atoms with van der Waals surface area (Å²) in [6.07, 6.45) is 0.907. The van der Waals surface area contributed by atoms with Gasteiger partial charge < -0.3 is 10.1 Å². The molecule has 4 aromatic rings. The van der Waals surface area contributed by atoms with Crippen molar-refractivity contribution in [3.8, 4) is 5.75 Å². The molecule has 1 N–H and O–H groups in total. The summed E-state index contributed by atoms with van der Waals surface area (Å²) >= 11 is 1.65. The highest BCUT2D eigenvalue weighted by atomic mass is 32.1. The van der Waals surface area contributed by atoms with Gasteiger partial charge in [-0.05, 0) is 40.5 Å². The van der Waals surface area contributed by atoms with Crippen molar-refractivity contribution in [1.82, 2.24) is 4.98 Å². The molecule has 3 aromatic carbocycles. The largest absolute Gasteiger partial charge is 0.497 e. The summed E-state index contributed by atoms with van der Waals surface area (Å²) in [5.41, 5.74) is 3.66. The molecule has 1 unspecified atom stereocenters. The van der Waals surface area contributed by atoms with Gasteiger partial charge in [0.05, 0.1) is 12.8 Å². The van der Waals surface area contributed by atoms with Crippen LogP contribution in [0.2, 0.25) is 0 Å². The van der Waals surface area contributed by atoms with Gasteiger partial charge in [0.2, 0.25) is 0 Å². The Morgan fingerprint density at radius 3 is 2.48 bits per heavy atom. The summed E-state index contributed by atoms with van der Waals surface area (Å²) < 4.78 is 5.32. The van der Waals surface area contributed by atoms with Crippen molar-refractivity contribution in [2.45, 2.75) is 12.3 Å². The third-order valence-electron chi connectivity index (χ3n) is 4.86. The molecule has 0 fully saturated rings. The van der Waals surface area contributed by atoms with Gasteiger partial charge in [0.25, 0.3) is 0 Å². The predicted octanol–water partition coefficient (Wildman–Crippen LogP) is 5.72. The number of nitrogens with one attached hydrogen (secondary N) is 1. The summed E-state index contributed by atoms with van der Waals surface area (Å²) in [4.78, 5) is 4.78. The smallest absolute Gasteiger partial charge is 0.182 e. The highest BCUT2D eigenvalue weighted by Gasteiger charge is 2.18. The lowest BCUT2D eigenvalue weighted by Crippen LogP contribution is -2.06. The highest BCUT2D eigenvalue weighted by Crippen LogP contribution is 2.32. The van der Waals surface area contributed by atoms with Crippen LogP contribution in [0.25, 0.3) is 10.8 Å². The van der Waals surface area contributed by atoms with E-state index >= 15 is 0 Å². The fraction of sp³-hybridized carbons (Fsp3) is 0.174. The van der Waals surface area contributed by atoms with Crippen LogP contribution in [-0.2, 0) is 6.42 Å². The summed E-state index contributed by atoms with van der Waals surface area (Å²) in [5, 5.41) is 8.80. The SMILES string of the molecule is CNc1nc(C(Cc2ccc3ccccc3c2)c2ccc(OC)cc2)cs1. The maximum Gasteiger partial charge on any atom is 0.182 e. The predicted molar refractivity (Wildman–Crippen MR) is 114 cm³/mol. The number of hydrogen-bond acceptors (Lipinski definition) is 4. The van der Waals surface area contributed by atoms with Crippen LogP contribution in [0.4, 0.5) is 5.13 Å². The van der Waals surface area contributed by atoms with Crippen molar-refractivity contribution >= 4 is 27.2 Å². The van der Waals surface area contributed by atoms with Crippen molar-refractivity contribution in [1.29, 1.82) is 0 Å². The molecule has 1 aromatic heterocycles. The molecule has 1 atom stereocenters. The van der Waals surface area contributed by atoms with E-state index < -0.39 is 0 Å². The second kappa shape index (κ2) is 7.80. The van der Waals surface area contributed by atoms with Gasteiger partial charge in [0, 0.05) is 18.3 Å². The van der Waals surface area contributed by atoms with Gasteiger partial charge in [-0.15, -0.1) is 11.3 Å². The number of fused-ring (bicyclic) bond motifs is 1. The van der Waals surface area contributed by atoms with Gasteiger partial charge in [0.1, 0.15) is 5.75 Å². The van der Waals surface area contributed by atoms with E-state index in [0.717, 1.165) is 23.0 Å². The van der Waals surface area contributed by atoms with E-state index in [2.05, 4.69) is 65.3 Å². The van der Waals surface area contributed by atoms with Crippen LogP contribution in [0.15, 0.2) is 72.1 Å². The van der Waals surface area contributed by atoms with Gasteiger partial charge in [-0.3, -0.25) is 0 Å². The number of thiazole rings is 1. The second-order valence-electron chi connectivity index (χ2n) is 6.54. The molecular formula is C23H22N2OS. The number of methoxy groups -OCH3 is 1. The van der Waals surface area contributed by atoms with E-state index in [4.69, 9.17) is 9.72 Å². The Morgan fingerprint density at radius 2 is 1.78 bits per heavy atom. The lowest BCUT2D eigenvalue weighted by Gasteiger charge is -2.17. The van der Waals surface area contributed by atoms with Gasteiger partial charge >= 0.3 is 0 Å². The molecule has 0 aliphatic rings. The molecule has 0 spiro atoms. The normalized spacial score (nSPS) is 12.1. The van der Waals surface area contributed by atoms with E-state index in [1.807, 2.05) is 19.2 Å². The zero-order valence-electron chi connectivity index (χ0n) is 15.5. The van der Waals surface area contributed by atoms with Gasteiger partial charge in [0.15, 0.2) is 5.13 Å². The molecular weight excluding hydrogens is 352 g/mol. The molecule has 3 nitrogen and oxygen atoms in total. The van der Waals surface area contributed by atoms with Crippen molar-refractivity contribution in [2.24, 2.45) is 0 Å². The van der Waals surface area contributed by atoms with Crippen LogP contribution < -0.4 is 10.1 Å². The average molecular weight is 375 g/mol. The zero-order valence-corrected chi connectivity index (χ0v) is 16.3. The topological polar surface area (TPSA) is 34.2 Å². The molecule has 1 heterocycles. The summed E-state index contributed by atoms with van der Waals surface area (Å²) in [6.45, 7) is 0. The minimum atomic E-state index is 0.204. The Hall–Kier alpha value is -2.85. The molecule has 4 rings (SSSR count). The third kappa shape index (κ3) is 3.81. The van der Waals surface area contributed by atoms with Crippen LogP contribution in [-0.4, -0.2) is 19.1 Å². The van der Waals surface area contributed by atoms with E-state index in [-0.39, 0.29) is 5.92 Å². The standard InChI is InChI=1S/C23H22N2OS/c1-24-23-25-22(15-27-23)21(18-9-11-20(26-2)12-10-18)14-16-7-8-17-5-3-4-6-19(17)13-16/h3-13,15,21H,14H2,1-2H3,(H,24,25). The number of hydrogen-bond donors (Lipinski definition) is 1. The molecule has 0 bridgehead atoms. The molecule has 0 aliphatic heterocycles. The number of anilines is 1. The molecule has 27 heavy (non-hydrogen) atoms. The third-order valence-corrected chi connectivity index (χ3v) is 5.74. The molecule has 0 saturated carbocycles. The lowest BCUT2D eigenvalue weighted by molar-refractivity contribution is 0.414. The highest BCUT2D eigenvalue weighted by molar-refractivity contribution is 7.13. The second-order valence-corrected chi connectivity index (χ2v) is 7.40. The molecule has 0 radical (unpaired) electrons. The first kappa shape index (κ1) is 17.6. The molecule has 0 amide bonds. The summed E-state index contributed by atoms with van der Waals surface area (Å²) in [6, 6.07) is 23.5. The monoisotopic (exact) mass is 374 g/mol.